The number of fused-ring (bicyclic) bond motifs is 3. The van der Waals surface area contributed by atoms with Crippen LogP contribution < -0.4 is 10.6 Å². The highest BCUT2D eigenvalue weighted by Gasteiger charge is 2.37. The third-order valence-electron chi connectivity index (χ3n) is 7.28. The Morgan fingerprint density at radius 2 is 1.65 bits per heavy atom. The van der Waals surface area contributed by atoms with Crippen molar-refractivity contribution in [3.8, 4) is 11.1 Å². The van der Waals surface area contributed by atoms with Crippen molar-refractivity contribution in [3.63, 3.8) is 0 Å². The maximum atomic E-state index is 12.8. The molecule has 2 aromatic carbocycles. The van der Waals surface area contributed by atoms with Crippen LogP contribution >= 0.6 is 0 Å². The highest BCUT2D eigenvalue weighted by molar-refractivity contribution is 5.86. The van der Waals surface area contributed by atoms with E-state index in [1.54, 1.807) is 6.92 Å². The van der Waals surface area contributed by atoms with Crippen LogP contribution in [-0.4, -0.2) is 41.8 Å². The van der Waals surface area contributed by atoms with Gasteiger partial charge in [0.05, 0.1) is 5.92 Å². The van der Waals surface area contributed by atoms with Crippen LogP contribution in [0.1, 0.15) is 56.6 Å². The van der Waals surface area contributed by atoms with Crippen molar-refractivity contribution < 1.29 is 24.2 Å². The van der Waals surface area contributed by atoms with Gasteiger partial charge in [0, 0.05) is 12.0 Å². The second-order valence-corrected chi connectivity index (χ2v) is 9.32. The fourth-order valence-corrected chi connectivity index (χ4v) is 5.18. The van der Waals surface area contributed by atoms with Gasteiger partial charge in [-0.2, -0.15) is 0 Å². The smallest absolute Gasteiger partial charge is 0.407 e. The highest BCUT2D eigenvalue weighted by atomic mass is 16.5. The van der Waals surface area contributed by atoms with Crippen LogP contribution in [0.25, 0.3) is 11.1 Å². The summed E-state index contributed by atoms with van der Waals surface area (Å²) >= 11 is 0. The van der Waals surface area contributed by atoms with Gasteiger partial charge in [-0.3, -0.25) is 4.79 Å². The van der Waals surface area contributed by atoms with Crippen LogP contribution in [0.5, 0.6) is 0 Å². The first-order chi connectivity index (χ1) is 16.4. The lowest BCUT2D eigenvalue weighted by Gasteiger charge is -2.25. The minimum absolute atomic E-state index is 0.0346. The summed E-state index contributed by atoms with van der Waals surface area (Å²) in [4.78, 5) is 37.1. The molecular formula is C27H32N2O5. The molecule has 1 fully saturated rings. The Morgan fingerprint density at radius 3 is 2.24 bits per heavy atom. The number of aliphatic carboxylic acids is 1. The molecule has 0 spiro atoms. The third-order valence-corrected chi connectivity index (χ3v) is 7.28. The predicted octanol–water partition coefficient (Wildman–Crippen LogP) is 4.31. The Hall–Kier alpha value is -3.35. The van der Waals surface area contributed by atoms with Crippen molar-refractivity contribution in [2.24, 2.45) is 11.8 Å². The van der Waals surface area contributed by atoms with Gasteiger partial charge < -0.3 is 20.5 Å². The van der Waals surface area contributed by atoms with E-state index >= 15 is 0 Å². The number of hydrogen-bond acceptors (Lipinski definition) is 4. The molecule has 7 heteroatoms. The Bertz CT molecular complexity index is 1020. The number of benzene rings is 2. The summed E-state index contributed by atoms with van der Waals surface area (Å²) in [5.41, 5.74) is 4.60. The van der Waals surface area contributed by atoms with Crippen molar-refractivity contribution in [2.75, 3.05) is 6.61 Å². The predicted molar refractivity (Wildman–Crippen MR) is 128 cm³/mol. The number of ether oxygens (including phenoxy) is 1. The zero-order valence-electron chi connectivity index (χ0n) is 19.6. The molecule has 180 valence electrons. The molecule has 2 aliphatic carbocycles. The second kappa shape index (κ2) is 10.3. The van der Waals surface area contributed by atoms with Crippen molar-refractivity contribution in [1.29, 1.82) is 0 Å². The summed E-state index contributed by atoms with van der Waals surface area (Å²) in [6, 6.07) is 15.0. The van der Waals surface area contributed by atoms with Gasteiger partial charge >= 0.3 is 12.1 Å². The summed E-state index contributed by atoms with van der Waals surface area (Å²) in [6.07, 6.45) is 2.14. The summed E-state index contributed by atoms with van der Waals surface area (Å²) in [5, 5.41) is 15.0. The van der Waals surface area contributed by atoms with Crippen molar-refractivity contribution in [1.82, 2.24) is 10.6 Å². The van der Waals surface area contributed by atoms with E-state index in [2.05, 4.69) is 34.9 Å². The van der Waals surface area contributed by atoms with Crippen LogP contribution in [-0.2, 0) is 14.3 Å². The van der Waals surface area contributed by atoms with E-state index in [1.165, 1.54) is 0 Å². The summed E-state index contributed by atoms with van der Waals surface area (Å²) in [6.45, 7) is 3.91. The lowest BCUT2D eigenvalue weighted by atomic mass is 9.96. The third kappa shape index (κ3) is 4.79. The molecule has 1 saturated carbocycles. The molecule has 2 unspecified atom stereocenters. The van der Waals surface area contributed by atoms with Crippen molar-refractivity contribution in [2.45, 2.75) is 57.5 Å². The molecule has 2 amide bonds. The van der Waals surface area contributed by atoms with Gasteiger partial charge in [0.25, 0.3) is 0 Å². The van der Waals surface area contributed by atoms with Gasteiger partial charge in [0.1, 0.15) is 12.6 Å². The van der Waals surface area contributed by atoms with Gasteiger partial charge in [0.15, 0.2) is 0 Å². The average Bonchev–Trinajstić information content (AvgIpc) is 3.43. The van der Waals surface area contributed by atoms with Crippen molar-refractivity contribution >= 4 is 18.0 Å². The number of carbonyl (C=O) groups excluding carboxylic acids is 2. The number of amides is 2. The monoisotopic (exact) mass is 464 g/mol. The Balaban J connectivity index is 1.37. The molecule has 7 nitrogen and oxygen atoms in total. The van der Waals surface area contributed by atoms with E-state index in [4.69, 9.17) is 4.74 Å². The molecule has 2 aliphatic rings. The largest absolute Gasteiger partial charge is 0.480 e. The standard InChI is InChI=1S/C27H32N2O5/c1-3-16(2)24(26(31)32)29-25(30)21-13-8-14-23(21)28-27(33)34-15-22-19-11-6-4-9-17(19)18-10-5-7-12-20(18)22/h4-7,9-12,16,21-24H,3,8,13-15H2,1-2H3,(H,28,33)(H,29,30)(H,31,32)/t16?,21-,23+,24?/m1/s1. The molecule has 4 atom stereocenters. The Labute approximate surface area is 199 Å². The highest BCUT2D eigenvalue weighted by Crippen LogP contribution is 2.44. The zero-order chi connectivity index (χ0) is 24.2. The van der Waals surface area contributed by atoms with Gasteiger partial charge in [-0.25, -0.2) is 9.59 Å². The van der Waals surface area contributed by atoms with Gasteiger partial charge in [-0.05, 0) is 41.0 Å². The molecule has 2 aromatic rings. The number of nitrogens with one attached hydrogen (secondary N) is 2. The topological polar surface area (TPSA) is 105 Å². The van der Waals surface area contributed by atoms with E-state index in [0.29, 0.717) is 19.3 Å². The minimum atomic E-state index is -1.04. The maximum Gasteiger partial charge on any atom is 0.407 e. The molecule has 0 heterocycles. The van der Waals surface area contributed by atoms with E-state index in [1.807, 2.05) is 31.2 Å². The quantitative estimate of drug-likeness (QED) is 0.540. The van der Waals surface area contributed by atoms with Crippen LogP contribution in [0.3, 0.4) is 0 Å². The van der Waals surface area contributed by atoms with Crippen molar-refractivity contribution in [3.05, 3.63) is 59.7 Å². The Morgan fingerprint density at radius 1 is 1.03 bits per heavy atom. The first-order valence-electron chi connectivity index (χ1n) is 12.0. The van der Waals surface area contributed by atoms with Crippen LogP contribution in [0.2, 0.25) is 0 Å². The lowest BCUT2D eigenvalue weighted by molar-refractivity contribution is -0.144. The van der Waals surface area contributed by atoms with Gasteiger partial charge in [0.2, 0.25) is 5.91 Å². The first kappa shape index (κ1) is 23.8. The molecule has 34 heavy (non-hydrogen) atoms. The molecule has 0 aromatic heterocycles. The molecule has 0 saturated heterocycles. The lowest BCUT2D eigenvalue weighted by Crippen LogP contribution is -2.50. The van der Waals surface area contributed by atoms with E-state index in [9.17, 15) is 19.5 Å². The fraction of sp³-hybridized carbons (Fsp3) is 0.444. The van der Waals surface area contributed by atoms with E-state index in [-0.39, 0.29) is 30.4 Å². The normalized spacial score (nSPS) is 20.6. The summed E-state index contributed by atoms with van der Waals surface area (Å²) in [5.74, 6) is -2.05. The number of carbonyl (C=O) groups is 3. The molecule has 3 N–H and O–H groups in total. The fourth-order valence-electron chi connectivity index (χ4n) is 5.18. The van der Waals surface area contributed by atoms with Crippen LogP contribution in [0, 0.1) is 11.8 Å². The molecule has 0 radical (unpaired) electrons. The Kier molecular flexibility index (Phi) is 7.20. The summed E-state index contributed by atoms with van der Waals surface area (Å²) in [7, 11) is 0. The molecule has 0 bridgehead atoms. The first-order valence-corrected chi connectivity index (χ1v) is 12.0. The molecular weight excluding hydrogens is 432 g/mol. The zero-order valence-corrected chi connectivity index (χ0v) is 19.6. The van der Waals surface area contributed by atoms with E-state index < -0.39 is 24.0 Å². The van der Waals surface area contributed by atoms with Gasteiger partial charge in [-0.15, -0.1) is 0 Å². The molecule has 4 rings (SSSR count). The number of hydrogen-bond donors (Lipinski definition) is 3. The van der Waals surface area contributed by atoms with E-state index in [0.717, 1.165) is 28.7 Å². The van der Waals surface area contributed by atoms with Crippen LogP contribution in [0.15, 0.2) is 48.5 Å². The number of carboxylic acids is 1. The van der Waals surface area contributed by atoms with Crippen LogP contribution in [0.4, 0.5) is 4.79 Å². The average molecular weight is 465 g/mol. The molecule has 0 aliphatic heterocycles. The number of carboxylic acid groups (broad SMARTS) is 1. The number of alkyl carbamates (subject to hydrolysis) is 1. The van der Waals surface area contributed by atoms with Gasteiger partial charge in [-0.1, -0.05) is 75.2 Å². The SMILES string of the molecule is CCC(C)C(NC(=O)[C@@H]1CCC[C@@H]1NC(=O)OCC1c2ccccc2-c2ccccc21)C(=O)O. The number of rotatable bonds is 8. The second-order valence-electron chi connectivity index (χ2n) is 9.32. The summed E-state index contributed by atoms with van der Waals surface area (Å²) < 4.78 is 5.63. The maximum absolute atomic E-state index is 12.8. The minimum Gasteiger partial charge on any atom is -0.480 e.